The molecule has 0 aliphatic heterocycles. The summed E-state index contributed by atoms with van der Waals surface area (Å²) in [5.74, 6) is -8.04. The topological polar surface area (TPSA) is 49.4 Å². The van der Waals surface area contributed by atoms with Crippen molar-refractivity contribution in [2.24, 2.45) is 0 Å². The molecule has 2 rings (SSSR count). The van der Waals surface area contributed by atoms with Gasteiger partial charge in [-0.3, -0.25) is 0 Å². The summed E-state index contributed by atoms with van der Waals surface area (Å²) >= 11 is 0. The lowest BCUT2D eigenvalue weighted by Crippen LogP contribution is -2.26. The minimum absolute atomic E-state index is 0.113. The fourth-order valence-corrected chi connectivity index (χ4v) is 3.08. The van der Waals surface area contributed by atoms with Crippen LogP contribution >= 0.6 is 0 Å². The van der Waals surface area contributed by atoms with Gasteiger partial charge in [0.1, 0.15) is 4.90 Å². The number of nitrogens with one attached hydrogen (secondary N) is 1. The maximum Gasteiger partial charge on any atom is 0.247 e. The summed E-state index contributed by atoms with van der Waals surface area (Å²) < 4.78 is 80.1. The highest BCUT2D eigenvalue weighted by molar-refractivity contribution is 7.89. The van der Waals surface area contributed by atoms with E-state index in [4.69, 9.17) is 0 Å². The monoisotopic (exact) mass is 362 g/mol. The fraction of sp³-hybridized carbons (Fsp3) is 0.200. The molecule has 130 valence electrons. The Labute approximate surface area is 136 Å². The van der Waals surface area contributed by atoms with Crippen LogP contribution in [0.2, 0.25) is 0 Å². The third-order valence-electron chi connectivity index (χ3n) is 3.27. The molecule has 0 saturated carbocycles. The molecule has 0 heterocycles. The third-order valence-corrected chi connectivity index (χ3v) is 5.14. The zero-order valence-electron chi connectivity index (χ0n) is 12.8. The van der Waals surface area contributed by atoms with Crippen LogP contribution in [-0.4, -0.2) is 26.8 Å². The molecular formula is C15H14F4N2O2S. The van der Waals surface area contributed by atoms with Gasteiger partial charge in [-0.15, -0.1) is 0 Å². The Balaban J connectivity index is 2.61. The number of rotatable bonds is 5. The van der Waals surface area contributed by atoms with Crippen molar-refractivity contribution in [1.29, 1.82) is 0 Å². The second-order valence-electron chi connectivity index (χ2n) is 5.09. The number of halogens is 4. The molecule has 0 unspecified atom stereocenters. The number of anilines is 1. The van der Waals surface area contributed by atoms with Gasteiger partial charge in [-0.25, -0.2) is 30.3 Å². The molecule has 0 saturated heterocycles. The lowest BCUT2D eigenvalue weighted by Gasteiger charge is -2.18. The summed E-state index contributed by atoms with van der Waals surface area (Å²) in [6, 6.07) is 8.36. The number of sulfonamides is 1. The van der Waals surface area contributed by atoms with Crippen LogP contribution in [0, 0.1) is 23.3 Å². The van der Waals surface area contributed by atoms with Gasteiger partial charge in [0.2, 0.25) is 10.0 Å². The number of benzene rings is 2. The van der Waals surface area contributed by atoms with E-state index in [0.29, 0.717) is 9.87 Å². The van der Waals surface area contributed by atoms with Crippen LogP contribution < -0.4 is 5.32 Å². The zero-order chi connectivity index (χ0) is 18.1. The summed E-state index contributed by atoms with van der Waals surface area (Å²) in [6.45, 7) is -0.113. The van der Waals surface area contributed by atoms with Crippen LogP contribution in [0.25, 0.3) is 0 Å². The van der Waals surface area contributed by atoms with Crippen molar-refractivity contribution in [3.05, 3.63) is 59.2 Å². The standard InChI is InChI=1S/C15H14F4N2O2S/c1-21(2)24(22,23)15-13(19)11(17)10(16)12(18)14(15)20-8-9-6-4-3-5-7-9/h3-7,20H,8H2,1-2H3. The molecule has 2 aromatic rings. The molecule has 24 heavy (non-hydrogen) atoms. The molecule has 0 fully saturated rings. The Kier molecular flexibility index (Phi) is 5.14. The van der Waals surface area contributed by atoms with Gasteiger partial charge in [0, 0.05) is 20.6 Å². The van der Waals surface area contributed by atoms with Gasteiger partial charge in [-0.05, 0) is 5.56 Å². The van der Waals surface area contributed by atoms with E-state index in [1.807, 2.05) is 0 Å². The third kappa shape index (κ3) is 3.22. The predicted octanol–water partition coefficient (Wildman–Crippen LogP) is 3.11. The van der Waals surface area contributed by atoms with Crippen molar-refractivity contribution in [3.63, 3.8) is 0 Å². The number of nitrogens with zero attached hydrogens (tertiary/aromatic N) is 1. The van der Waals surface area contributed by atoms with E-state index in [9.17, 15) is 26.0 Å². The van der Waals surface area contributed by atoms with Crippen molar-refractivity contribution in [2.75, 3.05) is 19.4 Å². The number of hydrogen-bond acceptors (Lipinski definition) is 3. The van der Waals surface area contributed by atoms with E-state index in [0.717, 1.165) is 14.1 Å². The Morgan fingerprint density at radius 3 is 2.00 bits per heavy atom. The molecule has 1 N–H and O–H groups in total. The van der Waals surface area contributed by atoms with Crippen molar-refractivity contribution < 1.29 is 26.0 Å². The van der Waals surface area contributed by atoms with Crippen molar-refractivity contribution in [3.8, 4) is 0 Å². The van der Waals surface area contributed by atoms with Gasteiger partial charge in [0.15, 0.2) is 23.3 Å². The average Bonchev–Trinajstić information content (AvgIpc) is 2.55. The highest BCUT2D eigenvalue weighted by Crippen LogP contribution is 2.33. The van der Waals surface area contributed by atoms with E-state index >= 15 is 0 Å². The summed E-state index contributed by atoms with van der Waals surface area (Å²) in [6.07, 6.45) is 0. The van der Waals surface area contributed by atoms with Crippen LogP contribution in [0.3, 0.4) is 0 Å². The Morgan fingerprint density at radius 2 is 1.46 bits per heavy atom. The second-order valence-corrected chi connectivity index (χ2v) is 7.18. The summed E-state index contributed by atoms with van der Waals surface area (Å²) in [4.78, 5) is -1.28. The van der Waals surface area contributed by atoms with E-state index < -0.39 is 43.9 Å². The molecule has 0 amide bonds. The summed E-state index contributed by atoms with van der Waals surface area (Å²) in [7, 11) is -2.43. The molecular weight excluding hydrogens is 348 g/mol. The minimum atomic E-state index is -4.56. The first kappa shape index (κ1) is 18.2. The highest BCUT2D eigenvalue weighted by Gasteiger charge is 2.34. The first-order valence-electron chi connectivity index (χ1n) is 6.74. The lowest BCUT2D eigenvalue weighted by molar-refractivity contribution is 0.396. The normalized spacial score (nSPS) is 11.8. The summed E-state index contributed by atoms with van der Waals surface area (Å²) in [5.41, 5.74) is -0.348. The maximum absolute atomic E-state index is 14.1. The molecule has 4 nitrogen and oxygen atoms in total. The Morgan fingerprint density at radius 1 is 0.917 bits per heavy atom. The maximum atomic E-state index is 14.1. The van der Waals surface area contributed by atoms with Gasteiger partial charge >= 0.3 is 0 Å². The van der Waals surface area contributed by atoms with E-state index in [1.165, 1.54) is 0 Å². The first-order chi connectivity index (χ1) is 11.2. The average molecular weight is 362 g/mol. The van der Waals surface area contributed by atoms with Crippen LogP contribution in [0.15, 0.2) is 35.2 Å². The minimum Gasteiger partial charge on any atom is -0.377 e. The first-order valence-corrected chi connectivity index (χ1v) is 8.18. The van der Waals surface area contributed by atoms with Crippen LogP contribution in [0.5, 0.6) is 0 Å². The van der Waals surface area contributed by atoms with Gasteiger partial charge in [-0.1, -0.05) is 30.3 Å². The van der Waals surface area contributed by atoms with Crippen molar-refractivity contribution in [1.82, 2.24) is 4.31 Å². The molecule has 0 spiro atoms. The largest absolute Gasteiger partial charge is 0.377 e. The fourth-order valence-electron chi connectivity index (χ4n) is 1.98. The molecule has 0 radical (unpaired) electrons. The smallest absolute Gasteiger partial charge is 0.247 e. The van der Waals surface area contributed by atoms with Crippen molar-refractivity contribution >= 4 is 15.7 Å². The molecule has 0 bridgehead atoms. The van der Waals surface area contributed by atoms with Crippen LogP contribution in [0.4, 0.5) is 23.2 Å². The molecule has 9 heteroatoms. The summed E-state index contributed by atoms with van der Waals surface area (Å²) in [5, 5.41) is 2.34. The quantitative estimate of drug-likeness (QED) is 0.505. The molecule has 2 aromatic carbocycles. The van der Waals surface area contributed by atoms with Crippen molar-refractivity contribution in [2.45, 2.75) is 11.4 Å². The predicted molar refractivity (Wildman–Crippen MR) is 80.9 cm³/mol. The SMILES string of the molecule is CN(C)S(=O)(=O)c1c(F)c(F)c(F)c(F)c1NCc1ccccc1. The van der Waals surface area contributed by atoms with Crippen LogP contribution in [-0.2, 0) is 16.6 Å². The molecule has 0 atom stereocenters. The van der Waals surface area contributed by atoms with Gasteiger partial charge in [0.25, 0.3) is 0 Å². The van der Waals surface area contributed by atoms with Gasteiger partial charge in [-0.2, -0.15) is 0 Å². The van der Waals surface area contributed by atoms with Gasteiger partial charge < -0.3 is 5.32 Å². The number of hydrogen-bond donors (Lipinski definition) is 1. The molecule has 0 aromatic heterocycles. The molecule has 0 aliphatic carbocycles. The molecule has 0 aliphatic rings. The second kappa shape index (κ2) is 6.78. The Bertz CT molecular complexity index is 856. The highest BCUT2D eigenvalue weighted by atomic mass is 32.2. The van der Waals surface area contributed by atoms with Gasteiger partial charge in [0.05, 0.1) is 5.69 Å². The van der Waals surface area contributed by atoms with Crippen LogP contribution in [0.1, 0.15) is 5.56 Å². The van der Waals surface area contributed by atoms with E-state index in [1.54, 1.807) is 30.3 Å². The van der Waals surface area contributed by atoms with E-state index in [2.05, 4.69) is 5.32 Å². The zero-order valence-corrected chi connectivity index (χ0v) is 13.6. The van der Waals surface area contributed by atoms with E-state index in [-0.39, 0.29) is 6.54 Å². The lowest BCUT2D eigenvalue weighted by atomic mass is 10.2. The Hall–Kier alpha value is -2.13.